The molecule has 2 aromatic carbocycles. The third-order valence-electron chi connectivity index (χ3n) is 6.04. The van der Waals surface area contributed by atoms with Crippen LogP contribution in [0.25, 0.3) is 0 Å². The minimum atomic E-state index is -0.373. The van der Waals surface area contributed by atoms with Crippen LogP contribution in [0, 0.1) is 13.8 Å². The normalized spacial score (nSPS) is 20.0. The molecule has 2 fully saturated rings. The fourth-order valence-electron chi connectivity index (χ4n) is 4.29. The van der Waals surface area contributed by atoms with E-state index >= 15 is 0 Å². The molecule has 28 heavy (non-hydrogen) atoms. The van der Waals surface area contributed by atoms with Gasteiger partial charge in [-0.05, 0) is 49.6 Å². The molecule has 4 rings (SSSR count). The van der Waals surface area contributed by atoms with Gasteiger partial charge in [-0.15, -0.1) is 0 Å². The number of anilines is 2. The summed E-state index contributed by atoms with van der Waals surface area (Å²) in [6.45, 7) is 7.32. The second kappa shape index (κ2) is 7.66. The average Bonchev–Trinajstić information content (AvgIpc) is 3.12. The molecule has 5 nitrogen and oxygen atoms in total. The molecule has 0 spiro atoms. The highest BCUT2D eigenvalue weighted by atomic mass is 16.2. The molecule has 0 saturated carbocycles. The lowest BCUT2D eigenvalue weighted by atomic mass is 10.1. The van der Waals surface area contributed by atoms with Crippen molar-refractivity contribution in [2.45, 2.75) is 32.7 Å². The Balaban J connectivity index is 1.45. The van der Waals surface area contributed by atoms with Crippen LogP contribution in [0.2, 0.25) is 0 Å². The third kappa shape index (κ3) is 3.37. The van der Waals surface area contributed by atoms with E-state index in [0.717, 1.165) is 18.8 Å². The van der Waals surface area contributed by atoms with E-state index in [1.807, 2.05) is 35.2 Å². The van der Waals surface area contributed by atoms with Gasteiger partial charge in [0.2, 0.25) is 11.8 Å². The van der Waals surface area contributed by atoms with Gasteiger partial charge in [0.15, 0.2) is 0 Å². The van der Waals surface area contributed by atoms with Gasteiger partial charge in [0.25, 0.3) is 0 Å². The highest BCUT2D eigenvalue weighted by molar-refractivity contribution is 6.03. The van der Waals surface area contributed by atoms with Gasteiger partial charge < -0.3 is 9.80 Å². The summed E-state index contributed by atoms with van der Waals surface area (Å²) in [5.74, 6) is 0.119. The maximum absolute atomic E-state index is 13.2. The first-order chi connectivity index (χ1) is 13.6. The van der Waals surface area contributed by atoms with Gasteiger partial charge >= 0.3 is 0 Å². The minimum Gasteiger partial charge on any atom is -0.368 e. The van der Waals surface area contributed by atoms with E-state index < -0.39 is 0 Å². The number of para-hydroxylation sites is 1. The molecule has 2 amide bonds. The van der Waals surface area contributed by atoms with Gasteiger partial charge in [-0.25, -0.2) is 0 Å². The molecule has 5 heteroatoms. The first kappa shape index (κ1) is 18.5. The molecule has 0 aliphatic carbocycles. The summed E-state index contributed by atoms with van der Waals surface area (Å²) in [7, 11) is 0. The number of carbonyl (C=O) groups excluding carboxylic acids is 2. The van der Waals surface area contributed by atoms with E-state index in [2.05, 4.69) is 36.9 Å². The molecular formula is C23H27N3O2. The van der Waals surface area contributed by atoms with Crippen molar-refractivity contribution in [1.29, 1.82) is 0 Å². The number of rotatable bonds is 3. The van der Waals surface area contributed by atoms with Crippen LogP contribution in [-0.4, -0.2) is 48.9 Å². The zero-order valence-corrected chi connectivity index (χ0v) is 16.6. The van der Waals surface area contributed by atoms with Crippen molar-refractivity contribution in [3.8, 4) is 0 Å². The van der Waals surface area contributed by atoms with E-state index in [9.17, 15) is 9.59 Å². The number of amides is 2. The molecule has 2 aromatic rings. The molecule has 0 bridgehead atoms. The van der Waals surface area contributed by atoms with Crippen LogP contribution in [0.4, 0.5) is 11.4 Å². The number of hydrogen-bond acceptors (Lipinski definition) is 3. The SMILES string of the molecule is Cc1cccc(N2CCN(C(=O)C3CCC(=O)N3c3ccccc3)CC2)c1C. The highest BCUT2D eigenvalue weighted by Crippen LogP contribution is 2.29. The lowest BCUT2D eigenvalue weighted by Gasteiger charge is -2.39. The van der Waals surface area contributed by atoms with Crippen LogP contribution >= 0.6 is 0 Å². The molecule has 0 radical (unpaired) electrons. The van der Waals surface area contributed by atoms with E-state index in [1.54, 1.807) is 4.90 Å². The summed E-state index contributed by atoms with van der Waals surface area (Å²) in [5, 5.41) is 0. The number of hydrogen-bond donors (Lipinski definition) is 0. The number of benzene rings is 2. The molecule has 146 valence electrons. The predicted octanol–water partition coefficient (Wildman–Crippen LogP) is 3.15. The first-order valence-corrected chi connectivity index (χ1v) is 10.0. The van der Waals surface area contributed by atoms with Gasteiger partial charge in [-0.1, -0.05) is 30.3 Å². The van der Waals surface area contributed by atoms with Gasteiger partial charge in [0, 0.05) is 44.0 Å². The summed E-state index contributed by atoms with van der Waals surface area (Å²) >= 11 is 0. The van der Waals surface area contributed by atoms with Crippen LogP contribution in [-0.2, 0) is 9.59 Å². The van der Waals surface area contributed by atoms with E-state index in [4.69, 9.17) is 0 Å². The lowest BCUT2D eigenvalue weighted by Crippen LogP contribution is -2.54. The Hall–Kier alpha value is -2.82. The maximum atomic E-state index is 13.2. The third-order valence-corrected chi connectivity index (χ3v) is 6.04. The van der Waals surface area contributed by atoms with E-state index in [1.165, 1.54) is 16.8 Å². The summed E-state index contributed by atoms with van der Waals surface area (Å²) in [6.07, 6.45) is 1.04. The van der Waals surface area contributed by atoms with Crippen molar-refractivity contribution >= 4 is 23.2 Å². The highest BCUT2D eigenvalue weighted by Gasteiger charge is 2.39. The van der Waals surface area contributed by atoms with Crippen LogP contribution in [0.3, 0.4) is 0 Å². The fraction of sp³-hybridized carbons (Fsp3) is 0.391. The fourth-order valence-corrected chi connectivity index (χ4v) is 4.29. The number of aryl methyl sites for hydroxylation is 1. The van der Waals surface area contributed by atoms with Gasteiger partial charge in [-0.2, -0.15) is 0 Å². The Kier molecular flexibility index (Phi) is 5.07. The quantitative estimate of drug-likeness (QED) is 0.825. The Morgan fingerprint density at radius 3 is 2.36 bits per heavy atom. The Morgan fingerprint density at radius 1 is 0.929 bits per heavy atom. The minimum absolute atomic E-state index is 0.0403. The molecule has 0 N–H and O–H groups in total. The monoisotopic (exact) mass is 377 g/mol. The van der Waals surface area contributed by atoms with Crippen molar-refractivity contribution < 1.29 is 9.59 Å². The van der Waals surface area contributed by atoms with Gasteiger partial charge in [0.05, 0.1) is 0 Å². The molecule has 1 unspecified atom stereocenters. The number of piperazine rings is 1. The molecular weight excluding hydrogens is 350 g/mol. The van der Waals surface area contributed by atoms with Crippen molar-refractivity contribution in [1.82, 2.24) is 4.90 Å². The lowest BCUT2D eigenvalue weighted by molar-refractivity contribution is -0.133. The van der Waals surface area contributed by atoms with Crippen molar-refractivity contribution in [2.24, 2.45) is 0 Å². The maximum Gasteiger partial charge on any atom is 0.245 e. The Bertz CT molecular complexity index is 873. The van der Waals surface area contributed by atoms with Crippen LogP contribution in [0.1, 0.15) is 24.0 Å². The Labute approximate surface area is 166 Å². The summed E-state index contributed by atoms with van der Waals surface area (Å²) in [5.41, 5.74) is 4.67. The van der Waals surface area contributed by atoms with Crippen LogP contribution < -0.4 is 9.80 Å². The zero-order chi connectivity index (χ0) is 19.7. The summed E-state index contributed by atoms with van der Waals surface area (Å²) in [6, 6.07) is 15.6. The zero-order valence-electron chi connectivity index (χ0n) is 16.6. The predicted molar refractivity (Wildman–Crippen MR) is 112 cm³/mol. The van der Waals surface area contributed by atoms with Gasteiger partial charge in [0.1, 0.15) is 6.04 Å². The molecule has 2 aliphatic rings. The van der Waals surface area contributed by atoms with Crippen LogP contribution in [0.15, 0.2) is 48.5 Å². The smallest absolute Gasteiger partial charge is 0.245 e. The number of nitrogens with zero attached hydrogens (tertiary/aromatic N) is 3. The summed E-state index contributed by atoms with van der Waals surface area (Å²) in [4.78, 5) is 31.6. The number of carbonyl (C=O) groups is 2. The molecule has 1 atom stereocenters. The standard InChI is InChI=1S/C23H27N3O2/c1-17-7-6-10-20(18(17)2)24-13-15-25(16-14-24)23(28)21-11-12-22(27)26(21)19-8-4-3-5-9-19/h3-10,21H,11-16H2,1-2H3. The second-order valence-electron chi connectivity index (χ2n) is 7.69. The first-order valence-electron chi connectivity index (χ1n) is 10.0. The van der Waals surface area contributed by atoms with Crippen molar-refractivity contribution in [2.75, 3.05) is 36.0 Å². The van der Waals surface area contributed by atoms with Crippen molar-refractivity contribution in [3.63, 3.8) is 0 Å². The van der Waals surface area contributed by atoms with Gasteiger partial charge in [-0.3, -0.25) is 14.5 Å². The topological polar surface area (TPSA) is 43.9 Å². The van der Waals surface area contributed by atoms with E-state index in [0.29, 0.717) is 25.9 Å². The van der Waals surface area contributed by atoms with Crippen LogP contribution in [0.5, 0.6) is 0 Å². The van der Waals surface area contributed by atoms with E-state index in [-0.39, 0.29) is 17.9 Å². The average molecular weight is 377 g/mol. The molecule has 2 heterocycles. The van der Waals surface area contributed by atoms with Crippen molar-refractivity contribution in [3.05, 3.63) is 59.7 Å². The Morgan fingerprint density at radius 2 is 1.64 bits per heavy atom. The largest absolute Gasteiger partial charge is 0.368 e. The second-order valence-corrected chi connectivity index (χ2v) is 7.69. The molecule has 2 saturated heterocycles. The molecule has 0 aromatic heterocycles. The summed E-state index contributed by atoms with van der Waals surface area (Å²) < 4.78 is 0. The molecule has 2 aliphatic heterocycles.